The summed E-state index contributed by atoms with van der Waals surface area (Å²) >= 11 is 0. The molecule has 0 bridgehead atoms. The molecule has 1 aromatic carbocycles. The fraction of sp³-hybridized carbons (Fsp3) is 0.417. The summed E-state index contributed by atoms with van der Waals surface area (Å²) in [4.78, 5) is 11.9. The van der Waals surface area contributed by atoms with E-state index < -0.39 is 34.6 Å². The minimum atomic E-state index is -1.61. The minimum absolute atomic E-state index is 0.393. The van der Waals surface area contributed by atoms with Crippen molar-refractivity contribution in [3.05, 3.63) is 29.6 Å². The van der Waals surface area contributed by atoms with E-state index in [1.54, 1.807) is 0 Å². The fourth-order valence-corrected chi connectivity index (χ4v) is 2.10. The van der Waals surface area contributed by atoms with Crippen molar-refractivity contribution in [2.45, 2.75) is 31.2 Å². The largest absolute Gasteiger partial charge is 0.322 e. The Labute approximate surface area is 102 Å². The van der Waals surface area contributed by atoms with Gasteiger partial charge in [-0.3, -0.25) is 4.79 Å². The van der Waals surface area contributed by atoms with Crippen LogP contribution in [0.25, 0.3) is 0 Å². The summed E-state index contributed by atoms with van der Waals surface area (Å²) < 4.78 is 39.1. The third-order valence-electron chi connectivity index (χ3n) is 3.23. The second-order valence-corrected chi connectivity index (χ2v) is 4.54. The van der Waals surface area contributed by atoms with E-state index in [-0.39, 0.29) is 0 Å². The lowest BCUT2D eigenvalue weighted by atomic mass is 9.98. The molecule has 1 aromatic rings. The maximum Gasteiger partial charge on any atom is 0.244 e. The van der Waals surface area contributed by atoms with Crippen molar-refractivity contribution in [3.63, 3.8) is 0 Å². The Morgan fingerprint density at radius 3 is 2.39 bits per heavy atom. The molecule has 0 unspecified atom stereocenters. The van der Waals surface area contributed by atoms with Crippen LogP contribution in [-0.2, 0) is 4.79 Å². The summed E-state index contributed by atoms with van der Waals surface area (Å²) in [5.41, 5.74) is 4.43. The number of benzene rings is 1. The zero-order valence-corrected chi connectivity index (χ0v) is 9.60. The van der Waals surface area contributed by atoms with Crippen LogP contribution < -0.4 is 11.1 Å². The number of anilines is 1. The number of nitrogens with one attached hydrogen (secondary N) is 1. The summed E-state index contributed by atoms with van der Waals surface area (Å²) in [5.74, 6) is -4.88. The predicted molar refractivity (Wildman–Crippen MR) is 60.3 cm³/mol. The van der Waals surface area contributed by atoms with E-state index in [1.165, 1.54) is 0 Å². The second kappa shape index (κ2) is 4.61. The molecule has 98 valence electrons. The van der Waals surface area contributed by atoms with Crippen LogP contribution in [-0.4, -0.2) is 11.4 Å². The summed E-state index contributed by atoms with van der Waals surface area (Å²) in [6.45, 7) is 0. The summed E-state index contributed by atoms with van der Waals surface area (Å²) in [6, 6.07) is 1.73. The number of nitrogens with two attached hydrogens (primary N) is 1. The highest BCUT2D eigenvalue weighted by Crippen LogP contribution is 2.29. The molecule has 1 fully saturated rings. The Kier molecular flexibility index (Phi) is 3.30. The number of hydrogen-bond donors (Lipinski definition) is 2. The molecule has 1 aliphatic rings. The summed E-state index contributed by atoms with van der Waals surface area (Å²) in [7, 11) is 0. The number of amides is 1. The third kappa shape index (κ3) is 2.20. The normalized spacial score (nSPS) is 17.8. The van der Waals surface area contributed by atoms with Crippen molar-refractivity contribution in [2.24, 2.45) is 5.73 Å². The van der Waals surface area contributed by atoms with Crippen LogP contribution in [0.15, 0.2) is 12.1 Å². The number of carbonyl (C=O) groups excluding carboxylic acids is 1. The molecule has 18 heavy (non-hydrogen) atoms. The van der Waals surface area contributed by atoms with Gasteiger partial charge >= 0.3 is 0 Å². The first-order valence-corrected chi connectivity index (χ1v) is 5.68. The average molecular weight is 258 g/mol. The van der Waals surface area contributed by atoms with E-state index in [2.05, 4.69) is 5.32 Å². The standard InChI is InChI=1S/C12H13F3N2O/c13-7-3-4-8(10(15)9(7)14)17-11(18)12(16)5-1-2-6-12/h3-4H,1-2,5-6,16H2,(H,17,18). The topological polar surface area (TPSA) is 55.1 Å². The molecule has 0 saturated heterocycles. The van der Waals surface area contributed by atoms with Gasteiger partial charge in [0.2, 0.25) is 5.91 Å². The Balaban J connectivity index is 2.19. The summed E-state index contributed by atoms with van der Waals surface area (Å²) in [6.07, 6.45) is 2.66. The van der Waals surface area contributed by atoms with E-state index in [1.807, 2.05) is 0 Å². The molecule has 0 radical (unpaired) electrons. The molecule has 0 aliphatic heterocycles. The predicted octanol–water partition coefficient (Wildman–Crippen LogP) is 2.31. The average Bonchev–Trinajstić information content (AvgIpc) is 2.78. The maximum atomic E-state index is 13.4. The molecule has 0 heterocycles. The van der Waals surface area contributed by atoms with Crippen molar-refractivity contribution in [2.75, 3.05) is 5.32 Å². The van der Waals surface area contributed by atoms with Crippen molar-refractivity contribution in [1.82, 2.24) is 0 Å². The lowest BCUT2D eigenvalue weighted by Crippen LogP contribution is -2.48. The maximum absolute atomic E-state index is 13.4. The van der Waals surface area contributed by atoms with Crippen LogP contribution in [0.4, 0.5) is 18.9 Å². The van der Waals surface area contributed by atoms with Gasteiger partial charge in [-0.25, -0.2) is 13.2 Å². The van der Waals surface area contributed by atoms with Gasteiger partial charge in [0.25, 0.3) is 0 Å². The first kappa shape index (κ1) is 12.9. The molecule has 0 atom stereocenters. The Hall–Kier alpha value is -1.56. The van der Waals surface area contributed by atoms with E-state index in [4.69, 9.17) is 5.73 Å². The fourth-order valence-electron chi connectivity index (χ4n) is 2.10. The molecule has 0 aromatic heterocycles. The molecule has 1 aliphatic carbocycles. The SMILES string of the molecule is NC1(C(=O)Nc2ccc(F)c(F)c2F)CCCC1. The Morgan fingerprint density at radius 2 is 1.78 bits per heavy atom. The van der Waals surface area contributed by atoms with E-state index >= 15 is 0 Å². The van der Waals surface area contributed by atoms with Gasteiger partial charge in [0, 0.05) is 0 Å². The third-order valence-corrected chi connectivity index (χ3v) is 3.23. The number of halogens is 3. The smallest absolute Gasteiger partial charge is 0.244 e. The molecule has 1 saturated carbocycles. The minimum Gasteiger partial charge on any atom is -0.322 e. The van der Waals surface area contributed by atoms with Crippen LogP contribution in [0.5, 0.6) is 0 Å². The molecule has 2 rings (SSSR count). The Morgan fingerprint density at radius 1 is 1.17 bits per heavy atom. The van der Waals surface area contributed by atoms with E-state index in [0.29, 0.717) is 12.8 Å². The van der Waals surface area contributed by atoms with Crippen LogP contribution in [0.2, 0.25) is 0 Å². The van der Waals surface area contributed by atoms with Crippen molar-refractivity contribution < 1.29 is 18.0 Å². The Bertz CT molecular complexity index is 484. The van der Waals surface area contributed by atoms with Crippen LogP contribution in [0.3, 0.4) is 0 Å². The molecule has 6 heteroatoms. The molecule has 3 nitrogen and oxygen atoms in total. The van der Waals surface area contributed by atoms with E-state index in [9.17, 15) is 18.0 Å². The molecule has 3 N–H and O–H groups in total. The first-order chi connectivity index (χ1) is 8.44. The highest BCUT2D eigenvalue weighted by Gasteiger charge is 2.37. The molecular weight excluding hydrogens is 245 g/mol. The van der Waals surface area contributed by atoms with Gasteiger partial charge in [-0.2, -0.15) is 0 Å². The van der Waals surface area contributed by atoms with Gasteiger partial charge < -0.3 is 11.1 Å². The highest BCUT2D eigenvalue weighted by atomic mass is 19.2. The number of hydrogen-bond acceptors (Lipinski definition) is 2. The number of carbonyl (C=O) groups is 1. The molecular formula is C12H13F3N2O. The number of rotatable bonds is 2. The van der Waals surface area contributed by atoms with Crippen molar-refractivity contribution >= 4 is 11.6 Å². The summed E-state index contributed by atoms with van der Waals surface area (Å²) in [5, 5.41) is 2.22. The van der Waals surface area contributed by atoms with Gasteiger partial charge in [-0.05, 0) is 25.0 Å². The first-order valence-electron chi connectivity index (χ1n) is 5.68. The van der Waals surface area contributed by atoms with Gasteiger partial charge in [-0.1, -0.05) is 12.8 Å². The van der Waals surface area contributed by atoms with Crippen LogP contribution in [0.1, 0.15) is 25.7 Å². The second-order valence-electron chi connectivity index (χ2n) is 4.54. The quantitative estimate of drug-likeness (QED) is 0.800. The van der Waals surface area contributed by atoms with Gasteiger partial charge in [0.15, 0.2) is 17.5 Å². The lowest BCUT2D eigenvalue weighted by Gasteiger charge is -2.22. The van der Waals surface area contributed by atoms with Crippen molar-refractivity contribution in [1.29, 1.82) is 0 Å². The zero-order valence-electron chi connectivity index (χ0n) is 9.60. The monoisotopic (exact) mass is 258 g/mol. The molecule has 1 amide bonds. The molecule has 0 spiro atoms. The zero-order chi connectivity index (χ0) is 13.3. The van der Waals surface area contributed by atoms with E-state index in [0.717, 1.165) is 25.0 Å². The highest BCUT2D eigenvalue weighted by molar-refractivity contribution is 5.98. The lowest BCUT2D eigenvalue weighted by molar-refractivity contribution is -0.121. The van der Waals surface area contributed by atoms with Crippen LogP contribution >= 0.6 is 0 Å². The van der Waals surface area contributed by atoms with Gasteiger partial charge in [0.1, 0.15) is 0 Å². The van der Waals surface area contributed by atoms with Crippen LogP contribution in [0, 0.1) is 17.5 Å². The van der Waals surface area contributed by atoms with Gasteiger partial charge in [-0.15, -0.1) is 0 Å². The van der Waals surface area contributed by atoms with Crippen molar-refractivity contribution in [3.8, 4) is 0 Å². The van der Waals surface area contributed by atoms with Gasteiger partial charge in [0.05, 0.1) is 11.2 Å².